The average molecular weight is 195 g/mol. The van der Waals surface area contributed by atoms with Gasteiger partial charge < -0.3 is 5.73 Å². The van der Waals surface area contributed by atoms with Crippen molar-refractivity contribution in [3.05, 3.63) is 33.6 Å². The fraction of sp³-hybridized carbons (Fsp3) is 0.444. The van der Waals surface area contributed by atoms with Gasteiger partial charge in [-0.05, 0) is 18.9 Å². The smallest absolute Gasteiger partial charge is 0.290 e. The van der Waals surface area contributed by atoms with Gasteiger partial charge in [0, 0.05) is 18.3 Å². The van der Waals surface area contributed by atoms with Crippen LogP contribution in [0.15, 0.2) is 12.3 Å². The Hall–Kier alpha value is -1.49. The number of rotatable bonds is 3. The lowest BCUT2D eigenvalue weighted by Gasteiger charge is -2.08. The van der Waals surface area contributed by atoms with Gasteiger partial charge in [0.25, 0.3) is 5.69 Å². The summed E-state index contributed by atoms with van der Waals surface area (Å²) >= 11 is 0. The summed E-state index contributed by atoms with van der Waals surface area (Å²) in [6.45, 7) is 3.54. The predicted octanol–water partition coefficient (Wildman–Crippen LogP) is 1.71. The molecule has 1 aromatic heterocycles. The minimum absolute atomic E-state index is 0.0337. The molecule has 0 aliphatic carbocycles. The molecule has 0 aliphatic heterocycles. The van der Waals surface area contributed by atoms with Gasteiger partial charge >= 0.3 is 0 Å². The largest absolute Gasteiger partial charge is 0.324 e. The number of aryl methyl sites for hydroxylation is 1. The van der Waals surface area contributed by atoms with Gasteiger partial charge in [-0.1, -0.05) is 6.92 Å². The highest BCUT2D eigenvalue weighted by molar-refractivity contribution is 5.38. The van der Waals surface area contributed by atoms with Crippen LogP contribution in [0.5, 0.6) is 0 Å². The zero-order chi connectivity index (χ0) is 10.7. The fourth-order valence-electron chi connectivity index (χ4n) is 1.16. The Bertz CT molecular complexity index is 352. The monoisotopic (exact) mass is 195 g/mol. The molecule has 0 radical (unpaired) electrons. The van der Waals surface area contributed by atoms with Crippen molar-refractivity contribution in [2.75, 3.05) is 0 Å². The van der Waals surface area contributed by atoms with Crippen LogP contribution in [-0.2, 0) is 0 Å². The Balaban J connectivity index is 3.12. The van der Waals surface area contributed by atoms with Gasteiger partial charge in [0.15, 0.2) is 0 Å². The van der Waals surface area contributed by atoms with Crippen molar-refractivity contribution in [3.8, 4) is 0 Å². The van der Waals surface area contributed by atoms with E-state index in [1.54, 1.807) is 13.1 Å². The molecule has 14 heavy (non-hydrogen) atoms. The number of nitro groups is 1. The fourth-order valence-corrected chi connectivity index (χ4v) is 1.16. The van der Waals surface area contributed by atoms with Gasteiger partial charge in [0.05, 0.1) is 4.92 Å². The van der Waals surface area contributed by atoms with Crippen LogP contribution in [0.1, 0.15) is 30.6 Å². The van der Waals surface area contributed by atoms with Crippen LogP contribution < -0.4 is 5.73 Å². The molecule has 1 rings (SSSR count). The Kier molecular flexibility index (Phi) is 3.14. The summed E-state index contributed by atoms with van der Waals surface area (Å²) in [5.41, 5.74) is 6.92. The van der Waals surface area contributed by atoms with Crippen LogP contribution in [0.2, 0.25) is 0 Å². The molecule has 1 heterocycles. The summed E-state index contributed by atoms with van der Waals surface area (Å²) in [5.74, 6) is 0. The summed E-state index contributed by atoms with van der Waals surface area (Å²) in [5, 5.41) is 10.6. The van der Waals surface area contributed by atoms with E-state index in [4.69, 9.17) is 5.73 Å². The molecule has 1 aromatic rings. The molecule has 0 amide bonds. The highest BCUT2D eigenvalue weighted by Crippen LogP contribution is 2.21. The van der Waals surface area contributed by atoms with Crippen LogP contribution in [0, 0.1) is 17.0 Å². The highest BCUT2D eigenvalue weighted by Gasteiger charge is 2.14. The molecule has 5 heteroatoms. The van der Waals surface area contributed by atoms with Crippen molar-refractivity contribution in [2.24, 2.45) is 5.73 Å². The lowest BCUT2D eigenvalue weighted by atomic mass is 10.1. The van der Waals surface area contributed by atoms with Gasteiger partial charge in [0.1, 0.15) is 5.69 Å². The Labute approximate surface area is 82.1 Å². The summed E-state index contributed by atoms with van der Waals surface area (Å²) < 4.78 is 0. The second-order valence-electron chi connectivity index (χ2n) is 3.15. The van der Waals surface area contributed by atoms with E-state index in [9.17, 15) is 10.1 Å². The second kappa shape index (κ2) is 4.15. The molecule has 0 saturated carbocycles. The second-order valence-corrected chi connectivity index (χ2v) is 3.15. The Morgan fingerprint density at radius 1 is 1.71 bits per heavy atom. The van der Waals surface area contributed by atoms with E-state index in [-0.39, 0.29) is 11.7 Å². The molecule has 0 unspecified atom stereocenters. The van der Waals surface area contributed by atoms with E-state index in [0.717, 1.165) is 6.42 Å². The summed E-state index contributed by atoms with van der Waals surface area (Å²) in [4.78, 5) is 14.1. The van der Waals surface area contributed by atoms with Gasteiger partial charge in [-0.15, -0.1) is 0 Å². The molecule has 2 N–H and O–H groups in total. The van der Waals surface area contributed by atoms with E-state index in [2.05, 4.69) is 4.98 Å². The van der Waals surface area contributed by atoms with Crippen LogP contribution in [0.3, 0.4) is 0 Å². The van der Waals surface area contributed by atoms with Gasteiger partial charge in [-0.2, -0.15) is 0 Å². The first-order valence-corrected chi connectivity index (χ1v) is 4.42. The number of nitrogens with two attached hydrogens (primary N) is 1. The van der Waals surface area contributed by atoms with Gasteiger partial charge in [0.2, 0.25) is 0 Å². The molecule has 0 bridgehead atoms. The van der Waals surface area contributed by atoms with Crippen LogP contribution in [-0.4, -0.2) is 9.91 Å². The summed E-state index contributed by atoms with van der Waals surface area (Å²) in [6.07, 6.45) is 2.33. The number of hydrogen-bond acceptors (Lipinski definition) is 4. The number of aromatic nitrogens is 1. The van der Waals surface area contributed by atoms with Crippen molar-refractivity contribution in [1.82, 2.24) is 4.98 Å². The molecule has 5 nitrogen and oxygen atoms in total. The topological polar surface area (TPSA) is 82.0 Å². The zero-order valence-corrected chi connectivity index (χ0v) is 8.23. The van der Waals surface area contributed by atoms with Crippen LogP contribution >= 0.6 is 0 Å². The third-order valence-electron chi connectivity index (χ3n) is 2.15. The molecule has 0 aromatic carbocycles. The van der Waals surface area contributed by atoms with Gasteiger partial charge in [-0.3, -0.25) is 15.1 Å². The Morgan fingerprint density at radius 3 is 2.86 bits per heavy atom. The molecule has 0 saturated heterocycles. The highest BCUT2D eigenvalue weighted by atomic mass is 16.6. The maximum Gasteiger partial charge on any atom is 0.290 e. The maximum absolute atomic E-state index is 10.6. The van der Waals surface area contributed by atoms with Gasteiger partial charge in [-0.25, -0.2) is 0 Å². The zero-order valence-electron chi connectivity index (χ0n) is 8.23. The van der Waals surface area contributed by atoms with Crippen molar-refractivity contribution in [2.45, 2.75) is 26.3 Å². The average Bonchev–Trinajstić information content (AvgIpc) is 2.17. The molecule has 0 spiro atoms. The first kappa shape index (κ1) is 10.6. The lowest BCUT2D eigenvalue weighted by molar-refractivity contribution is -0.385. The maximum atomic E-state index is 10.6. The SMILES string of the molecule is CC[C@H](N)c1cnc(C)c([N+](=O)[O-])c1. The van der Waals surface area contributed by atoms with Crippen LogP contribution in [0.4, 0.5) is 5.69 Å². The van der Waals surface area contributed by atoms with E-state index < -0.39 is 4.92 Å². The van der Waals surface area contributed by atoms with Crippen molar-refractivity contribution >= 4 is 5.69 Å². The molecule has 76 valence electrons. The number of hydrogen-bond donors (Lipinski definition) is 1. The van der Waals surface area contributed by atoms with Crippen molar-refractivity contribution < 1.29 is 4.92 Å². The number of pyridine rings is 1. The molecule has 1 atom stereocenters. The van der Waals surface area contributed by atoms with Crippen molar-refractivity contribution in [1.29, 1.82) is 0 Å². The van der Waals surface area contributed by atoms with E-state index in [0.29, 0.717) is 11.3 Å². The lowest BCUT2D eigenvalue weighted by Crippen LogP contribution is -2.10. The molecule has 0 aliphatic rings. The number of nitrogens with zero attached hydrogens (tertiary/aromatic N) is 2. The minimum atomic E-state index is -0.436. The third-order valence-corrected chi connectivity index (χ3v) is 2.15. The molecule has 0 fully saturated rings. The molecular formula is C9H13N3O2. The standard InChI is InChI=1S/C9H13N3O2/c1-3-8(10)7-4-9(12(13)14)6(2)11-5-7/h4-5,8H,3,10H2,1-2H3/t8-/m0/s1. The summed E-state index contributed by atoms with van der Waals surface area (Å²) in [6, 6.07) is 1.32. The van der Waals surface area contributed by atoms with E-state index >= 15 is 0 Å². The summed E-state index contributed by atoms with van der Waals surface area (Å²) in [7, 11) is 0. The normalized spacial score (nSPS) is 12.5. The third kappa shape index (κ3) is 2.05. The van der Waals surface area contributed by atoms with E-state index in [1.807, 2.05) is 6.92 Å². The Morgan fingerprint density at radius 2 is 2.36 bits per heavy atom. The first-order chi connectivity index (χ1) is 6.56. The van der Waals surface area contributed by atoms with Crippen molar-refractivity contribution in [3.63, 3.8) is 0 Å². The van der Waals surface area contributed by atoms with E-state index in [1.165, 1.54) is 6.07 Å². The minimum Gasteiger partial charge on any atom is -0.324 e. The van der Waals surface area contributed by atoms with Crippen LogP contribution in [0.25, 0.3) is 0 Å². The molecular weight excluding hydrogens is 182 g/mol. The first-order valence-electron chi connectivity index (χ1n) is 4.42. The predicted molar refractivity (Wildman–Crippen MR) is 52.8 cm³/mol. The quantitative estimate of drug-likeness (QED) is 0.588.